The first-order chi connectivity index (χ1) is 15.5. The molecule has 0 radical (unpaired) electrons. The van der Waals surface area contributed by atoms with Gasteiger partial charge in [0.05, 0.1) is 19.4 Å². The normalized spacial score (nSPS) is 14.3. The van der Waals surface area contributed by atoms with E-state index in [1.807, 2.05) is 6.07 Å². The summed E-state index contributed by atoms with van der Waals surface area (Å²) in [6.45, 7) is 5.44. The number of nitrogens with one attached hydrogen (secondary N) is 1. The van der Waals surface area contributed by atoms with Gasteiger partial charge in [0.25, 0.3) is 11.8 Å². The van der Waals surface area contributed by atoms with Crippen molar-refractivity contribution >= 4 is 29.5 Å². The van der Waals surface area contributed by atoms with Gasteiger partial charge in [0.15, 0.2) is 18.1 Å². The number of hydrazine groups is 1. The maximum atomic E-state index is 12.8. The highest BCUT2D eigenvalue weighted by atomic mass is 16.6. The second-order valence-electron chi connectivity index (χ2n) is 6.77. The van der Waals surface area contributed by atoms with E-state index in [-0.39, 0.29) is 18.8 Å². The minimum atomic E-state index is -0.509. The molecule has 2 aromatic carbocycles. The maximum Gasteiger partial charge on any atom is 0.344 e. The molecule has 0 aliphatic carbocycles. The Morgan fingerprint density at radius 3 is 2.59 bits per heavy atom. The average Bonchev–Trinajstić information content (AvgIpc) is 3.07. The summed E-state index contributed by atoms with van der Waals surface area (Å²) in [6, 6.07) is 12.2. The fourth-order valence-corrected chi connectivity index (χ4v) is 3.21. The number of anilines is 1. The van der Waals surface area contributed by atoms with Gasteiger partial charge in [-0.25, -0.2) is 9.80 Å². The minimum absolute atomic E-state index is 0.0133. The predicted molar refractivity (Wildman–Crippen MR) is 119 cm³/mol. The minimum Gasteiger partial charge on any atom is -0.493 e. The predicted octanol–water partition coefficient (Wildman–Crippen LogP) is 2.83. The largest absolute Gasteiger partial charge is 0.493 e. The number of rotatable bonds is 9. The number of methoxy groups -OCH3 is 1. The zero-order chi connectivity index (χ0) is 23.1. The molecule has 1 aliphatic rings. The van der Waals surface area contributed by atoms with Gasteiger partial charge in [0.1, 0.15) is 5.57 Å². The topological polar surface area (TPSA) is 94.2 Å². The van der Waals surface area contributed by atoms with Crippen molar-refractivity contribution in [1.29, 1.82) is 0 Å². The summed E-state index contributed by atoms with van der Waals surface area (Å²) in [5, 5.41) is 1.20. The highest BCUT2D eigenvalue weighted by Gasteiger charge is 2.34. The number of benzene rings is 2. The lowest BCUT2D eigenvalue weighted by atomic mass is 10.0. The number of esters is 1. The molecule has 8 nitrogen and oxygen atoms in total. The van der Waals surface area contributed by atoms with E-state index in [1.54, 1.807) is 49.4 Å². The molecule has 0 unspecified atom stereocenters. The SMILES string of the molecule is C=CCc1cc(/C=C2/C(=O)NN(c3ccccc3)C2=O)cc(OC)c1OCC(=O)OCC. The monoisotopic (exact) mass is 436 g/mol. The lowest BCUT2D eigenvalue weighted by molar-refractivity contribution is -0.145. The van der Waals surface area contributed by atoms with Crippen molar-refractivity contribution in [1.82, 2.24) is 5.43 Å². The van der Waals surface area contributed by atoms with Gasteiger partial charge < -0.3 is 14.2 Å². The third-order valence-corrected chi connectivity index (χ3v) is 4.59. The molecule has 2 aromatic rings. The number of ether oxygens (including phenoxy) is 3. The number of hydrogen-bond donors (Lipinski definition) is 1. The number of para-hydroxylation sites is 1. The molecule has 8 heteroatoms. The molecule has 0 bridgehead atoms. The lowest BCUT2D eigenvalue weighted by Crippen LogP contribution is -2.35. The van der Waals surface area contributed by atoms with Crippen LogP contribution in [0.3, 0.4) is 0 Å². The van der Waals surface area contributed by atoms with Gasteiger partial charge in [0.2, 0.25) is 0 Å². The summed E-state index contributed by atoms with van der Waals surface area (Å²) >= 11 is 0. The molecule has 2 amide bonds. The second kappa shape index (κ2) is 10.3. The van der Waals surface area contributed by atoms with Crippen LogP contribution in [0.15, 0.2) is 60.7 Å². The molecule has 0 aromatic heterocycles. The van der Waals surface area contributed by atoms with Crippen molar-refractivity contribution < 1.29 is 28.6 Å². The molecule has 1 N–H and O–H groups in total. The van der Waals surface area contributed by atoms with Gasteiger partial charge in [-0.05, 0) is 49.2 Å². The molecule has 1 fully saturated rings. The van der Waals surface area contributed by atoms with E-state index < -0.39 is 17.8 Å². The standard InChI is InChI=1S/C24H24N2O6/c1-4-9-17-12-16(14-20(30-3)22(17)32-15-21(27)31-5-2)13-19-23(28)25-26(24(19)29)18-10-7-6-8-11-18/h4,6-8,10-14H,1,5,9,15H2,2-3H3,(H,25,28)/b19-13-. The van der Waals surface area contributed by atoms with Gasteiger partial charge in [-0.3, -0.25) is 15.0 Å². The smallest absolute Gasteiger partial charge is 0.344 e. The molecule has 166 valence electrons. The molecule has 1 saturated heterocycles. The second-order valence-corrected chi connectivity index (χ2v) is 6.77. The number of nitrogens with zero attached hydrogens (tertiary/aromatic N) is 1. The van der Waals surface area contributed by atoms with E-state index >= 15 is 0 Å². The fraction of sp³-hybridized carbons (Fsp3) is 0.208. The van der Waals surface area contributed by atoms with Crippen LogP contribution in [0.2, 0.25) is 0 Å². The van der Waals surface area contributed by atoms with Crippen LogP contribution in [0.1, 0.15) is 18.1 Å². The number of allylic oxidation sites excluding steroid dienone is 1. The van der Waals surface area contributed by atoms with Crippen LogP contribution in [0.5, 0.6) is 11.5 Å². The van der Waals surface area contributed by atoms with Crippen LogP contribution in [0, 0.1) is 0 Å². The Labute approximate surface area is 186 Å². The number of hydrogen-bond acceptors (Lipinski definition) is 6. The maximum absolute atomic E-state index is 12.8. The van der Waals surface area contributed by atoms with Crippen LogP contribution >= 0.6 is 0 Å². The third kappa shape index (κ3) is 4.97. The molecule has 0 saturated carbocycles. The summed E-state index contributed by atoms with van der Waals surface area (Å²) in [7, 11) is 1.46. The first-order valence-corrected chi connectivity index (χ1v) is 10.0. The molecule has 32 heavy (non-hydrogen) atoms. The van der Waals surface area contributed by atoms with Crippen molar-refractivity contribution in [3.8, 4) is 11.5 Å². The Morgan fingerprint density at radius 2 is 1.94 bits per heavy atom. The van der Waals surface area contributed by atoms with Gasteiger partial charge in [0, 0.05) is 5.56 Å². The molecule has 1 aliphatic heterocycles. The average molecular weight is 436 g/mol. The summed E-state index contributed by atoms with van der Waals surface area (Å²) in [5.41, 5.74) is 4.36. The van der Waals surface area contributed by atoms with Crippen LogP contribution in [0.4, 0.5) is 5.69 Å². The molecule has 0 atom stereocenters. The van der Waals surface area contributed by atoms with E-state index in [1.165, 1.54) is 18.2 Å². The Morgan fingerprint density at radius 1 is 1.19 bits per heavy atom. The molecule has 3 rings (SSSR count). The number of carbonyl (C=O) groups is 3. The van der Waals surface area contributed by atoms with Crippen molar-refractivity contribution in [2.24, 2.45) is 0 Å². The number of amides is 2. The Balaban J connectivity index is 1.93. The van der Waals surface area contributed by atoms with Crippen molar-refractivity contribution in [2.75, 3.05) is 25.3 Å². The van der Waals surface area contributed by atoms with Crippen molar-refractivity contribution in [3.05, 3.63) is 71.8 Å². The van der Waals surface area contributed by atoms with Crippen molar-refractivity contribution in [2.45, 2.75) is 13.3 Å². The van der Waals surface area contributed by atoms with E-state index in [0.717, 1.165) is 0 Å². The Hall–Kier alpha value is -4.07. The zero-order valence-electron chi connectivity index (χ0n) is 17.9. The van der Waals surface area contributed by atoms with Crippen LogP contribution in [0.25, 0.3) is 6.08 Å². The first-order valence-electron chi connectivity index (χ1n) is 10.0. The van der Waals surface area contributed by atoms with E-state index in [2.05, 4.69) is 12.0 Å². The Bertz CT molecular complexity index is 1060. The van der Waals surface area contributed by atoms with E-state index in [4.69, 9.17) is 14.2 Å². The zero-order valence-corrected chi connectivity index (χ0v) is 17.9. The van der Waals surface area contributed by atoms with Crippen LogP contribution in [-0.2, 0) is 25.5 Å². The highest BCUT2D eigenvalue weighted by molar-refractivity contribution is 6.31. The van der Waals surface area contributed by atoms with Gasteiger partial charge in [-0.1, -0.05) is 24.3 Å². The summed E-state index contributed by atoms with van der Waals surface area (Å²) < 4.78 is 16.0. The molecular weight excluding hydrogens is 412 g/mol. The first kappa shape index (κ1) is 22.6. The Kier molecular flexibility index (Phi) is 7.28. The van der Waals surface area contributed by atoms with Gasteiger partial charge in [-0.2, -0.15) is 0 Å². The molecule has 1 heterocycles. The lowest BCUT2D eigenvalue weighted by Gasteiger charge is -2.15. The van der Waals surface area contributed by atoms with E-state index in [0.29, 0.717) is 34.7 Å². The van der Waals surface area contributed by atoms with Crippen LogP contribution in [-0.4, -0.2) is 38.1 Å². The highest BCUT2D eigenvalue weighted by Crippen LogP contribution is 2.35. The fourth-order valence-electron chi connectivity index (χ4n) is 3.21. The van der Waals surface area contributed by atoms with Crippen molar-refractivity contribution in [3.63, 3.8) is 0 Å². The summed E-state index contributed by atoms with van der Waals surface area (Å²) in [4.78, 5) is 37.0. The quantitative estimate of drug-likeness (QED) is 0.281. The number of carbonyl (C=O) groups excluding carboxylic acids is 3. The van der Waals surface area contributed by atoms with E-state index in [9.17, 15) is 14.4 Å². The van der Waals surface area contributed by atoms with Gasteiger partial charge in [-0.15, -0.1) is 6.58 Å². The summed E-state index contributed by atoms with van der Waals surface area (Å²) in [5.74, 6) is -0.750. The molecule has 0 spiro atoms. The van der Waals surface area contributed by atoms with Gasteiger partial charge >= 0.3 is 5.97 Å². The van der Waals surface area contributed by atoms with Crippen LogP contribution < -0.4 is 19.9 Å². The summed E-state index contributed by atoms with van der Waals surface area (Å²) in [6.07, 6.45) is 3.58. The third-order valence-electron chi connectivity index (χ3n) is 4.59. The molecular formula is C24H24N2O6.